The first kappa shape index (κ1) is 22.7. The number of hydrogen-bond donors (Lipinski definition) is 1. The Bertz CT molecular complexity index is 1240. The molecule has 0 bridgehead atoms. The van der Waals surface area contributed by atoms with E-state index in [2.05, 4.69) is 15.5 Å². The van der Waals surface area contributed by atoms with Crippen LogP contribution in [0.1, 0.15) is 27.6 Å². The predicted octanol–water partition coefficient (Wildman–Crippen LogP) is 2.53. The van der Waals surface area contributed by atoms with Crippen molar-refractivity contribution in [3.63, 3.8) is 0 Å². The third kappa shape index (κ3) is 4.66. The Kier molecular flexibility index (Phi) is 6.56. The molecule has 1 aliphatic heterocycles. The lowest BCUT2D eigenvalue weighted by atomic mass is 10.1. The van der Waals surface area contributed by atoms with Crippen molar-refractivity contribution < 1.29 is 23.9 Å². The van der Waals surface area contributed by atoms with Crippen LogP contribution in [-0.2, 0) is 20.9 Å². The van der Waals surface area contributed by atoms with Gasteiger partial charge in [0.2, 0.25) is 0 Å². The molecule has 0 saturated carbocycles. The van der Waals surface area contributed by atoms with E-state index in [1.54, 1.807) is 11.3 Å². The van der Waals surface area contributed by atoms with Gasteiger partial charge < -0.3 is 14.6 Å². The summed E-state index contributed by atoms with van der Waals surface area (Å²) in [6, 6.07) is 8.31. The molecule has 12 heteroatoms. The van der Waals surface area contributed by atoms with Crippen LogP contribution in [0, 0.1) is 0 Å². The molecular weight excluding hydrogens is 466 g/mol. The van der Waals surface area contributed by atoms with Crippen molar-refractivity contribution in [3.05, 3.63) is 46.8 Å². The van der Waals surface area contributed by atoms with E-state index < -0.39 is 24.4 Å². The summed E-state index contributed by atoms with van der Waals surface area (Å²) in [5.74, 6) is -1.25. The largest absolute Gasteiger partial charge is 0.455 e. The zero-order valence-electron chi connectivity index (χ0n) is 17.7. The van der Waals surface area contributed by atoms with Crippen LogP contribution in [0.4, 0.5) is 5.69 Å². The van der Waals surface area contributed by atoms with Crippen molar-refractivity contribution in [2.45, 2.75) is 18.6 Å². The third-order valence-electron chi connectivity index (χ3n) is 4.83. The maximum Gasteiger partial charge on any atom is 0.316 e. The number of ether oxygens (including phenoxy) is 1. The Morgan fingerprint density at radius 3 is 2.67 bits per heavy atom. The van der Waals surface area contributed by atoms with Gasteiger partial charge in [-0.15, -0.1) is 21.5 Å². The molecule has 0 radical (unpaired) electrons. The Morgan fingerprint density at radius 1 is 1.15 bits per heavy atom. The summed E-state index contributed by atoms with van der Waals surface area (Å²) < 4.78 is 6.95. The van der Waals surface area contributed by atoms with Crippen molar-refractivity contribution in [1.29, 1.82) is 0 Å². The molecule has 2 aromatic heterocycles. The minimum Gasteiger partial charge on any atom is -0.455 e. The van der Waals surface area contributed by atoms with Gasteiger partial charge in [-0.05, 0) is 36.6 Å². The van der Waals surface area contributed by atoms with E-state index in [1.807, 2.05) is 29.0 Å². The normalized spacial score (nSPS) is 12.7. The van der Waals surface area contributed by atoms with Gasteiger partial charge in [-0.25, -0.2) is 0 Å². The van der Waals surface area contributed by atoms with Gasteiger partial charge >= 0.3 is 5.97 Å². The second kappa shape index (κ2) is 9.55. The number of carbonyl (C=O) groups excluding carboxylic acids is 4. The number of aromatic nitrogens is 3. The zero-order chi connectivity index (χ0) is 23.5. The SMILES string of the molecule is CCn1c(SCC(=O)OCC(=O)Nc2ccc3c(c2)C(=O)N(C)C3=O)nnc1-c1cccs1. The first-order valence-corrected chi connectivity index (χ1v) is 11.8. The lowest BCUT2D eigenvalue weighted by molar-refractivity contribution is -0.144. The Morgan fingerprint density at radius 2 is 1.94 bits per heavy atom. The second-order valence-electron chi connectivity index (χ2n) is 6.95. The molecule has 0 spiro atoms. The number of benzene rings is 1. The van der Waals surface area contributed by atoms with Crippen molar-refractivity contribution in [2.75, 3.05) is 24.7 Å². The molecule has 170 valence electrons. The number of nitrogens with one attached hydrogen (secondary N) is 1. The number of fused-ring (bicyclic) bond motifs is 1. The molecule has 0 saturated heterocycles. The zero-order valence-corrected chi connectivity index (χ0v) is 19.4. The van der Waals surface area contributed by atoms with Crippen molar-refractivity contribution in [2.24, 2.45) is 0 Å². The Labute approximate surface area is 196 Å². The van der Waals surface area contributed by atoms with Crippen LogP contribution in [0.2, 0.25) is 0 Å². The highest BCUT2D eigenvalue weighted by atomic mass is 32.2. The summed E-state index contributed by atoms with van der Waals surface area (Å²) >= 11 is 2.74. The van der Waals surface area contributed by atoms with Crippen LogP contribution in [0.3, 0.4) is 0 Å². The van der Waals surface area contributed by atoms with E-state index in [9.17, 15) is 19.2 Å². The van der Waals surface area contributed by atoms with E-state index in [4.69, 9.17) is 4.74 Å². The summed E-state index contributed by atoms with van der Waals surface area (Å²) in [5, 5.41) is 13.5. The number of hydrogen-bond acceptors (Lipinski definition) is 9. The molecule has 0 fully saturated rings. The summed E-state index contributed by atoms with van der Waals surface area (Å²) in [4.78, 5) is 50.3. The van der Waals surface area contributed by atoms with Gasteiger partial charge in [0.05, 0.1) is 21.8 Å². The summed E-state index contributed by atoms with van der Waals surface area (Å²) in [6.07, 6.45) is 0. The predicted molar refractivity (Wildman–Crippen MR) is 122 cm³/mol. The number of thioether (sulfide) groups is 1. The highest BCUT2D eigenvalue weighted by molar-refractivity contribution is 7.99. The number of nitrogens with zero attached hydrogens (tertiary/aromatic N) is 4. The van der Waals surface area contributed by atoms with Crippen LogP contribution in [0.5, 0.6) is 0 Å². The maximum atomic E-state index is 12.2. The van der Waals surface area contributed by atoms with E-state index in [1.165, 1.54) is 37.0 Å². The summed E-state index contributed by atoms with van der Waals surface area (Å²) in [7, 11) is 1.40. The minimum absolute atomic E-state index is 0.0301. The molecule has 4 rings (SSSR count). The minimum atomic E-state index is -0.574. The van der Waals surface area contributed by atoms with Gasteiger partial charge in [-0.2, -0.15) is 0 Å². The summed E-state index contributed by atoms with van der Waals surface area (Å²) in [6.45, 7) is 2.13. The number of rotatable bonds is 8. The number of esters is 1. The van der Waals surface area contributed by atoms with Crippen LogP contribution in [-0.4, -0.2) is 62.8 Å². The topological polar surface area (TPSA) is 123 Å². The van der Waals surface area contributed by atoms with E-state index in [-0.39, 0.29) is 22.8 Å². The van der Waals surface area contributed by atoms with Crippen LogP contribution in [0.15, 0.2) is 40.9 Å². The second-order valence-corrected chi connectivity index (χ2v) is 8.85. The number of thiophene rings is 1. The fraction of sp³-hybridized carbons (Fsp3) is 0.238. The molecule has 0 unspecified atom stereocenters. The molecule has 1 aromatic carbocycles. The monoisotopic (exact) mass is 485 g/mol. The molecule has 10 nitrogen and oxygen atoms in total. The van der Waals surface area contributed by atoms with Crippen LogP contribution >= 0.6 is 23.1 Å². The fourth-order valence-electron chi connectivity index (χ4n) is 3.22. The molecule has 1 aliphatic rings. The van der Waals surface area contributed by atoms with E-state index >= 15 is 0 Å². The van der Waals surface area contributed by atoms with Crippen molar-refractivity contribution in [1.82, 2.24) is 19.7 Å². The lowest BCUT2D eigenvalue weighted by Crippen LogP contribution is -2.24. The molecule has 0 aliphatic carbocycles. The van der Waals surface area contributed by atoms with Gasteiger partial charge in [0.1, 0.15) is 0 Å². The molecule has 1 N–H and O–H groups in total. The first-order valence-electron chi connectivity index (χ1n) is 9.90. The quantitative estimate of drug-likeness (QED) is 0.293. The molecular formula is C21H19N5O5S2. The average Bonchev–Trinajstić information content (AvgIpc) is 3.53. The van der Waals surface area contributed by atoms with Crippen LogP contribution < -0.4 is 5.32 Å². The highest BCUT2D eigenvalue weighted by Crippen LogP contribution is 2.27. The van der Waals surface area contributed by atoms with Gasteiger partial charge in [0.15, 0.2) is 17.6 Å². The average molecular weight is 486 g/mol. The molecule has 3 heterocycles. The number of anilines is 1. The Balaban J connectivity index is 1.28. The van der Waals surface area contributed by atoms with Crippen molar-refractivity contribution in [3.8, 4) is 10.7 Å². The van der Waals surface area contributed by atoms with E-state index in [0.29, 0.717) is 17.4 Å². The number of carbonyl (C=O) groups is 4. The molecule has 33 heavy (non-hydrogen) atoms. The molecule has 3 aromatic rings. The third-order valence-corrected chi connectivity index (χ3v) is 6.64. The van der Waals surface area contributed by atoms with Gasteiger partial charge in [-0.1, -0.05) is 17.8 Å². The summed E-state index contributed by atoms with van der Waals surface area (Å²) in [5.41, 5.74) is 0.833. The fourth-order valence-corrected chi connectivity index (χ4v) is 4.73. The maximum absolute atomic E-state index is 12.2. The van der Waals surface area contributed by atoms with Crippen molar-refractivity contribution >= 4 is 52.5 Å². The lowest BCUT2D eigenvalue weighted by Gasteiger charge is -2.08. The highest BCUT2D eigenvalue weighted by Gasteiger charge is 2.32. The smallest absolute Gasteiger partial charge is 0.316 e. The first-order chi connectivity index (χ1) is 15.9. The standard InChI is InChI=1S/C21H19N5O5S2/c1-3-26-18(15-5-4-8-32-15)23-24-21(26)33-11-17(28)31-10-16(27)22-12-6-7-13-14(9-12)20(30)25(2)19(13)29/h4-9H,3,10-11H2,1-2H3,(H,22,27). The van der Waals surface area contributed by atoms with E-state index in [0.717, 1.165) is 15.6 Å². The van der Waals surface area contributed by atoms with Gasteiger partial charge in [0.25, 0.3) is 17.7 Å². The van der Waals surface area contributed by atoms with Crippen LogP contribution in [0.25, 0.3) is 10.7 Å². The number of imide groups is 1. The molecule has 3 amide bonds. The Hall–Kier alpha value is -3.51. The van der Waals surface area contributed by atoms with Gasteiger partial charge in [0, 0.05) is 19.3 Å². The number of amides is 3. The molecule has 0 atom stereocenters. The van der Waals surface area contributed by atoms with Gasteiger partial charge in [-0.3, -0.25) is 24.1 Å².